The fourth-order valence-corrected chi connectivity index (χ4v) is 2.02. The minimum absolute atomic E-state index is 0.227. The Morgan fingerprint density at radius 3 is 2.70 bits per heavy atom. The van der Waals surface area contributed by atoms with Gasteiger partial charge in [-0.05, 0) is 36.1 Å². The summed E-state index contributed by atoms with van der Waals surface area (Å²) in [4.78, 5) is 10.9. The highest BCUT2D eigenvalue weighted by Gasteiger charge is 2.11. The van der Waals surface area contributed by atoms with Crippen LogP contribution in [0, 0.1) is 6.92 Å². The molecular weight excluding hydrogens is 276 g/mol. The van der Waals surface area contributed by atoms with E-state index in [0.29, 0.717) is 16.6 Å². The quantitative estimate of drug-likeness (QED) is 0.939. The van der Waals surface area contributed by atoms with Crippen molar-refractivity contribution in [3.05, 3.63) is 56.5 Å². The van der Waals surface area contributed by atoms with Crippen LogP contribution in [0.25, 0.3) is 0 Å². The normalized spacial score (nSPS) is 10.8. The van der Waals surface area contributed by atoms with E-state index in [1.165, 1.54) is 6.07 Å². The average molecular weight is 293 g/mol. The molecule has 0 saturated heterocycles. The van der Waals surface area contributed by atoms with Gasteiger partial charge in [0.25, 0.3) is 5.56 Å². The summed E-state index contributed by atoms with van der Waals surface area (Å²) in [5, 5.41) is 6.97. The van der Waals surface area contributed by atoms with Crippen molar-refractivity contribution in [2.24, 2.45) is 0 Å². The number of aromatic amines is 1. The molecule has 0 spiro atoms. The third kappa shape index (κ3) is 3.39. The number of aryl methyl sites for hydroxylation is 1. The van der Waals surface area contributed by atoms with Gasteiger partial charge in [-0.3, -0.25) is 4.79 Å². The number of halogens is 1. The van der Waals surface area contributed by atoms with Gasteiger partial charge in [0.2, 0.25) is 0 Å². The lowest BCUT2D eigenvalue weighted by Gasteiger charge is -2.15. The smallest absolute Gasteiger partial charge is 0.264 e. The molecule has 0 amide bonds. The lowest BCUT2D eigenvalue weighted by molar-refractivity contribution is 0.295. The van der Waals surface area contributed by atoms with Gasteiger partial charge in [-0.25, -0.2) is 5.10 Å². The van der Waals surface area contributed by atoms with Crippen molar-refractivity contribution in [3.8, 4) is 5.75 Å². The maximum atomic E-state index is 10.9. The highest BCUT2D eigenvalue weighted by Crippen LogP contribution is 2.32. The second-order valence-corrected chi connectivity index (χ2v) is 5.40. The number of hydrogen-bond acceptors (Lipinski definition) is 3. The summed E-state index contributed by atoms with van der Waals surface area (Å²) >= 11 is 6.15. The molecule has 0 aliphatic carbocycles. The summed E-state index contributed by atoms with van der Waals surface area (Å²) < 4.78 is 5.79. The molecule has 0 unspecified atom stereocenters. The first kappa shape index (κ1) is 14.6. The molecule has 4 nitrogen and oxygen atoms in total. The van der Waals surface area contributed by atoms with Crippen LogP contribution >= 0.6 is 11.6 Å². The van der Waals surface area contributed by atoms with Crippen LogP contribution in [0.15, 0.2) is 29.1 Å². The third-order valence-electron chi connectivity index (χ3n) is 3.03. The van der Waals surface area contributed by atoms with Crippen LogP contribution in [0.2, 0.25) is 5.02 Å². The zero-order valence-electron chi connectivity index (χ0n) is 11.7. The van der Waals surface area contributed by atoms with E-state index in [1.54, 1.807) is 6.07 Å². The van der Waals surface area contributed by atoms with Crippen LogP contribution in [-0.2, 0) is 6.61 Å². The number of ether oxygens (including phenoxy) is 1. The summed E-state index contributed by atoms with van der Waals surface area (Å²) in [5.41, 5.74) is 2.58. The Kier molecular flexibility index (Phi) is 4.45. The molecule has 0 aliphatic heterocycles. The molecule has 1 aromatic carbocycles. The van der Waals surface area contributed by atoms with Gasteiger partial charge >= 0.3 is 0 Å². The van der Waals surface area contributed by atoms with Crippen LogP contribution in [0.4, 0.5) is 0 Å². The molecule has 2 aromatic rings. The molecule has 5 heteroatoms. The van der Waals surface area contributed by atoms with E-state index in [9.17, 15) is 4.79 Å². The summed E-state index contributed by atoms with van der Waals surface area (Å²) in [6.45, 7) is 6.47. The van der Waals surface area contributed by atoms with E-state index < -0.39 is 0 Å². The van der Waals surface area contributed by atoms with Gasteiger partial charge in [0, 0.05) is 11.1 Å². The molecule has 1 N–H and O–H groups in total. The molecule has 106 valence electrons. The molecule has 1 heterocycles. The predicted molar refractivity (Wildman–Crippen MR) is 79.5 cm³/mol. The Balaban J connectivity index is 2.22. The number of nitrogens with zero attached hydrogens (tertiary/aromatic N) is 1. The second-order valence-electron chi connectivity index (χ2n) is 5.00. The second kappa shape index (κ2) is 6.09. The zero-order chi connectivity index (χ0) is 14.7. The van der Waals surface area contributed by atoms with Gasteiger partial charge < -0.3 is 4.74 Å². The van der Waals surface area contributed by atoms with Crippen molar-refractivity contribution in [1.82, 2.24) is 10.2 Å². The lowest BCUT2D eigenvalue weighted by atomic mass is 10.00. The van der Waals surface area contributed by atoms with Crippen LogP contribution in [-0.4, -0.2) is 10.2 Å². The van der Waals surface area contributed by atoms with Crippen molar-refractivity contribution in [1.29, 1.82) is 0 Å². The third-order valence-corrected chi connectivity index (χ3v) is 3.43. The molecule has 20 heavy (non-hydrogen) atoms. The highest BCUT2D eigenvalue weighted by molar-refractivity contribution is 6.31. The Morgan fingerprint density at radius 1 is 1.35 bits per heavy atom. The summed E-state index contributed by atoms with van der Waals surface area (Å²) in [6.07, 6.45) is 0. The zero-order valence-corrected chi connectivity index (χ0v) is 12.5. The van der Waals surface area contributed by atoms with Crippen molar-refractivity contribution in [2.75, 3.05) is 0 Å². The van der Waals surface area contributed by atoms with Crippen LogP contribution in [0.1, 0.15) is 36.6 Å². The minimum Gasteiger partial charge on any atom is -0.487 e. The van der Waals surface area contributed by atoms with E-state index in [0.717, 1.165) is 16.9 Å². The Hall–Kier alpha value is -1.81. The van der Waals surface area contributed by atoms with E-state index >= 15 is 0 Å². The Labute approximate surface area is 122 Å². The number of nitrogens with one attached hydrogen (secondary N) is 1. The maximum Gasteiger partial charge on any atom is 0.264 e. The standard InChI is InChI=1S/C15H17ClN2O2/c1-9(2)12-6-10(3)13(16)7-14(12)20-8-11-4-5-15(19)18-17-11/h4-7,9H,8H2,1-3H3,(H,18,19). The van der Waals surface area contributed by atoms with E-state index in [-0.39, 0.29) is 12.2 Å². The van der Waals surface area contributed by atoms with Crippen molar-refractivity contribution < 1.29 is 4.74 Å². The molecule has 0 aliphatic rings. The molecule has 2 rings (SSSR count). The number of hydrogen-bond donors (Lipinski definition) is 1. The predicted octanol–water partition coefficient (Wildman–Crippen LogP) is 3.43. The lowest BCUT2D eigenvalue weighted by Crippen LogP contribution is -2.09. The van der Waals surface area contributed by atoms with Gasteiger partial charge in [-0.15, -0.1) is 0 Å². The van der Waals surface area contributed by atoms with Crippen molar-refractivity contribution >= 4 is 11.6 Å². The average Bonchev–Trinajstić information content (AvgIpc) is 2.41. The topological polar surface area (TPSA) is 55.0 Å². The number of rotatable bonds is 4. The fraction of sp³-hybridized carbons (Fsp3) is 0.333. The Bertz CT molecular complexity index is 645. The molecule has 0 radical (unpaired) electrons. The number of benzene rings is 1. The van der Waals surface area contributed by atoms with Gasteiger partial charge in [0.1, 0.15) is 12.4 Å². The number of H-pyrrole nitrogens is 1. The molecule has 0 fully saturated rings. The van der Waals surface area contributed by atoms with Crippen LogP contribution in [0.3, 0.4) is 0 Å². The summed E-state index contributed by atoms with van der Waals surface area (Å²) in [7, 11) is 0. The highest BCUT2D eigenvalue weighted by atomic mass is 35.5. The Morgan fingerprint density at radius 2 is 2.10 bits per heavy atom. The fourth-order valence-electron chi connectivity index (χ4n) is 1.87. The first-order valence-electron chi connectivity index (χ1n) is 6.45. The van der Waals surface area contributed by atoms with Crippen molar-refractivity contribution in [2.45, 2.75) is 33.3 Å². The molecular formula is C15H17ClN2O2. The molecule has 0 saturated carbocycles. The largest absolute Gasteiger partial charge is 0.487 e. The molecule has 0 atom stereocenters. The molecule has 1 aromatic heterocycles. The van der Waals surface area contributed by atoms with Crippen molar-refractivity contribution in [3.63, 3.8) is 0 Å². The SMILES string of the molecule is Cc1cc(C(C)C)c(OCc2ccc(=O)[nH]n2)cc1Cl. The van der Waals surface area contributed by atoms with Crippen LogP contribution < -0.4 is 10.3 Å². The van der Waals surface area contributed by atoms with Gasteiger partial charge in [-0.1, -0.05) is 31.5 Å². The van der Waals surface area contributed by atoms with Gasteiger partial charge in [0.05, 0.1) is 5.69 Å². The molecule has 0 bridgehead atoms. The minimum atomic E-state index is -0.227. The van der Waals surface area contributed by atoms with Gasteiger partial charge in [0.15, 0.2) is 0 Å². The summed E-state index contributed by atoms with van der Waals surface area (Å²) in [6, 6.07) is 6.95. The first-order chi connectivity index (χ1) is 9.47. The number of aromatic nitrogens is 2. The maximum absolute atomic E-state index is 10.9. The van der Waals surface area contributed by atoms with E-state index in [4.69, 9.17) is 16.3 Å². The monoisotopic (exact) mass is 292 g/mol. The van der Waals surface area contributed by atoms with Gasteiger partial charge in [-0.2, -0.15) is 5.10 Å². The van der Waals surface area contributed by atoms with E-state index in [1.807, 2.05) is 19.1 Å². The van der Waals surface area contributed by atoms with E-state index in [2.05, 4.69) is 24.0 Å². The first-order valence-corrected chi connectivity index (χ1v) is 6.82. The summed E-state index contributed by atoms with van der Waals surface area (Å²) in [5.74, 6) is 1.09. The van der Waals surface area contributed by atoms with Crippen LogP contribution in [0.5, 0.6) is 5.75 Å².